The average Bonchev–Trinajstić information content (AvgIpc) is 2.40. The lowest BCUT2D eigenvalue weighted by Gasteiger charge is -2.26. The molecule has 0 bridgehead atoms. The smallest absolute Gasteiger partial charge is 0.153 e. The first-order chi connectivity index (χ1) is 7.04. The highest BCUT2D eigenvalue weighted by atomic mass is 32.2. The van der Waals surface area contributed by atoms with Crippen LogP contribution in [0, 0.1) is 5.41 Å². The monoisotopic (exact) mass is 247 g/mol. The van der Waals surface area contributed by atoms with E-state index in [-0.39, 0.29) is 0 Å². The van der Waals surface area contributed by atoms with E-state index in [1.807, 2.05) is 0 Å². The summed E-state index contributed by atoms with van der Waals surface area (Å²) >= 11 is 0. The van der Waals surface area contributed by atoms with Crippen molar-refractivity contribution in [2.45, 2.75) is 57.7 Å². The summed E-state index contributed by atoms with van der Waals surface area (Å²) in [6.07, 6.45) is 4.84. The van der Waals surface area contributed by atoms with Gasteiger partial charge < -0.3 is 5.32 Å². The first-order valence-electron chi connectivity index (χ1n) is 5.97. The minimum Gasteiger partial charge on any atom is -0.312 e. The number of rotatable bonds is 4. The Labute approximate surface area is 99.9 Å². The van der Waals surface area contributed by atoms with Crippen molar-refractivity contribution in [3.63, 3.8) is 0 Å². The number of nitrogens with one attached hydrogen (secondary N) is 1. The van der Waals surface area contributed by atoms with Crippen LogP contribution in [-0.2, 0) is 9.84 Å². The molecule has 0 heterocycles. The Balaban J connectivity index is 2.48. The van der Waals surface area contributed by atoms with Crippen molar-refractivity contribution in [1.29, 1.82) is 0 Å². The topological polar surface area (TPSA) is 46.2 Å². The number of hydrogen-bond donors (Lipinski definition) is 1. The van der Waals surface area contributed by atoms with Crippen molar-refractivity contribution < 1.29 is 8.42 Å². The van der Waals surface area contributed by atoms with E-state index < -0.39 is 14.6 Å². The lowest BCUT2D eigenvalue weighted by Crippen LogP contribution is -2.44. The van der Waals surface area contributed by atoms with Crippen LogP contribution in [0.15, 0.2) is 0 Å². The quantitative estimate of drug-likeness (QED) is 0.826. The van der Waals surface area contributed by atoms with E-state index in [1.54, 1.807) is 13.8 Å². The fourth-order valence-electron chi connectivity index (χ4n) is 2.13. The molecular weight excluding hydrogens is 222 g/mol. The molecule has 3 nitrogen and oxygen atoms in total. The second-order valence-electron chi connectivity index (χ2n) is 6.52. The third-order valence-corrected chi connectivity index (χ3v) is 5.94. The van der Waals surface area contributed by atoms with Crippen molar-refractivity contribution >= 4 is 9.84 Å². The summed E-state index contributed by atoms with van der Waals surface area (Å²) in [6.45, 7) is 8.67. The highest BCUT2D eigenvalue weighted by Gasteiger charge is 2.34. The van der Waals surface area contributed by atoms with Crippen LogP contribution < -0.4 is 5.32 Å². The highest BCUT2D eigenvalue weighted by molar-refractivity contribution is 7.92. The maximum atomic E-state index is 11.5. The summed E-state index contributed by atoms with van der Waals surface area (Å²) in [5, 5.41) is 3.40. The van der Waals surface area contributed by atoms with Crippen LogP contribution in [-0.4, -0.2) is 32.0 Å². The molecule has 1 N–H and O–H groups in total. The molecule has 1 saturated carbocycles. The summed E-state index contributed by atoms with van der Waals surface area (Å²) in [5.74, 6) is 0. The third kappa shape index (κ3) is 3.45. The molecule has 1 atom stereocenters. The summed E-state index contributed by atoms with van der Waals surface area (Å²) < 4.78 is 22.4. The molecule has 0 aliphatic heterocycles. The molecule has 1 unspecified atom stereocenters. The second kappa shape index (κ2) is 4.30. The molecule has 0 spiro atoms. The van der Waals surface area contributed by atoms with Gasteiger partial charge in [0.15, 0.2) is 9.84 Å². The molecular formula is C12H25NO2S. The van der Waals surface area contributed by atoms with Gasteiger partial charge in [-0.1, -0.05) is 13.8 Å². The van der Waals surface area contributed by atoms with Gasteiger partial charge in [0.1, 0.15) is 0 Å². The Bertz CT molecular complexity index is 344. The molecule has 16 heavy (non-hydrogen) atoms. The zero-order chi connectivity index (χ0) is 12.6. The van der Waals surface area contributed by atoms with Crippen molar-refractivity contribution in [1.82, 2.24) is 5.32 Å². The van der Waals surface area contributed by atoms with Gasteiger partial charge in [0.2, 0.25) is 0 Å². The van der Waals surface area contributed by atoms with E-state index in [2.05, 4.69) is 19.2 Å². The molecule has 0 aromatic heterocycles. The Morgan fingerprint density at radius 3 is 2.31 bits per heavy atom. The zero-order valence-electron chi connectivity index (χ0n) is 11.1. The minimum absolute atomic E-state index is 0.410. The lowest BCUT2D eigenvalue weighted by atomic mass is 9.92. The number of hydrogen-bond acceptors (Lipinski definition) is 3. The summed E-state index contributed by atoms with van der Waals surface area (Å²) in [7, 11) is -2.99. The van der Waals surface area contributed by atoms with E-state index in [4.69, 9.17) is 0 Å². The van der Waals surface area contributed by atoms with Gasteiger partial charge in [-0.05, 0) is 38.5 Å². The van der Waals surface area contributed by atoms with Crippen LogP contribution in [0.4, 0.5) is 0 Å². The van der Waals surface area contributed by atoms with Gasteiger partial charge in [0.05, 0.1) is 4.75 Å². The summed E-state index contributed by atoms with van der Waals surface area (Å²) in [5.41, 5.74) is 0.410. The fourth-order valence-corrected chi connectivity index (χ4v) is 2.48. The van der Waals surface area contributed by atoms with Crippen molar-refractivity contribution in [3.8, 4) is 0 Å². The lowest BCUT2D eigenvalue weighted by molar-refractivity contribution is 0.361. The van der Waals surface area contributed by atoms with E-state index in [0.717, 1.165) is 12.8 Å². The van der Waals surface area contributed by atoms with E-state index in [9.17, 15) is 8.42 Å². The molecule has 0 saturated heterocycles. The molecule has 0 aromatic carbocycles. The molecule has 1 aliphatic carbocycles. The molecule has 1 rings (SSSR count). The maximum absolute atomic E-state index is 11.5. The van der Waals surface area contributed by atoms with Gasteiger partial charge in [0, 0.05) is 18.8 Å². The van der Waals surface area contributed by atoms with Crippen LogP contribution in [0.25, 0.3) is 0 Å². The van der Waals surface area contributed by atoms with Crippen molar-refractivity contribution in [3.05, 3.63) is 0 Å². The van der Waals surface area contributed by atoms with Crippen LogP contribution in [0.2, 0.25) is 0 Å². The van der Waals surface area contributed by atoms with Gasteiger partial charge in [-0.15, -0.1) is 0 Å². The Morgan fingerprint density at radius 2 is 1.94 bits per heavy atom. The Morgan fingerprint density at radius 1 is 1.38 bits per heavy atom. The van der Waals surface area contributed by atoms with Crippen LogP contribution in [0.5, 0.6) is 0 Å². The predicted octanol–water partition coefficient (Wildman–Crippen LogP) is 1.98. The molecule has 0 aromatic rings. The molecule has 1 fully saturated rings. The predicted molar refractivity (Wildman–Crippen MR) is 68.3 cm³/mol. The normalized spacial score (nSPS) is 25.9. The van der Waals surface area contributed by atoms with Gasteiger partial charge in [0.25, 0.3) is 0 Å². The highest BCUT2D eigenvalue weighted by Crippen LogP contribution is 2.37. The minimum atomic E-state index is -2.99. The molecule has 4 heteroatoms. The van der Waals surface area contributed by atoms with Gasteiger partial charge >= 0.3 is 0 Å². The van der Waals surface area contributed by atoms with Crippen LogP contribution in [0.3, 0.4) is 0 Å². The Kier molecular flexibility index (Phi) is 3.75. The SMILES string of the molecule is CC1(C)CCC(NCC(C)(C)S(C)(=O)=O)C1. The third-order valence-electron chi connectivity index (χ3n) is 3.79. The fraction of sp³-hybridized carbons (Fsp3) is 1.00. The zero-order valence-corrected chi connectivity index (χ0v) is 11.9. The molecule has 96 valence electrons. The van der Waals surface area contributed by atoms with Gasteiger partial charge in [-0.25, -0.2) is 8.42 Å². The molecule has 1 aliphatic rings. The van der Waals surface area contributed by atoms with Gasteiger partial charge in [-0.3, -0.25) is 0 Å². The van der Waals surface area contributed by atoms with E-state index >= 15 is 0 Å². The van der Waals surface area contributed by atoms with Crippen molar-refractivity contribution in [2.75, 3.05) is 12.8 Å². The van der Waals surface area contributed by atoms with Crippen molar-refractivity contribution in [2.24, 2.45) is 5.41 Å². The average molecular weight is 247 g/mol. The first-order valence-corrected chi connectivity index (χ1v) is 7.86. The van der Waals surface area contributed by atoms with Gasteiger partial charge in [-0.2, -0.15) is 0 Å². The second-order valence-corrected chi connectivity index (χ2v) is 9.17. The molecule has 0 radical (unpaired) electrons. The number of sulfone groups is 1. The maximum Gasteiger partial charge on any atom is 0.153 e. The first kappa shape index (κ1) is 14.0. The van der Waals surface area contributed by atoms with Crippen LogP contribution in [0.1, 0.15) is 47.0 Å². The van der Waals surface area contributed by atoms with Crippen LogP contribution >= 0.6 is 0 Å². The standard InChI is InChI=1S/C12H25NO2S/c1-11(2)7-6-10(8-11)13-9-12(3,4)16(5,14)15/h10,13H,6-9H2,1-5H3. The summed E-state index contributed by atoms with van der Waals surface area (Å²) in [6, 6.07) is 0.482. The Hall–Kier alpha value is -0.0900. The van der Waals surface area contributed by atoms with E-state index in [0.29, 0.717) is 18.0 Å². The van der Waals surface area contributed by atoms with E-state index in [1.165, 1.54) is 12.7 Å². The molecule has 0 amide bonds. The largest absolute Gasteiger partial charge is 0.312 e. The summed E-state index contributed by atoms with van der Waals surface area (Å²) in [4.78, 5) is 0.